The lowest BCUT2D eigenvalue weighted by molar-refractivity contribution is 0.599. The van der Waals surface area contributed by atoms with E-state index >= 15 is 0 Å². The monoisotopic (exact) mass is 253 g/mol. The average molecular weight is 253 g/mol. The van der Waals surface area contributed by atoms with Crippen molar-refractivity contribution in [2.75, 3.05) is 18.0 Å². The minimum Gasteiger partial charge on any atom is -0.369 e. The average Bonchev–Trinajstić information content (AvgIpc) is 2.45. The quantitative estimate of drug-likeness (QED) is 0.910. The van der Waals surface area contributed by atoms with E-state index in [-0.39, 0.29) is 6.04 Å². The van der Waals surface area contributed by atoms with Gasteiger partial charge in [0.1, 0.15) is 0 Å². The number of rotatable bonds is 3. The number of nitrogens with zero attached hydrogens (tertiary/aromatic N) is 2. The Bertz CT molecular complexity index is 539. The molecule has 3 nitrogen and oxygen atoms in total. The predicted molar refractivity (Wildman–Crippen MR) is 78.3 cm³/mol. The van der Waals surface area contributed by atoms with Crippen LogP contribution in [-0.2, 0) is 12.8 Å². The summed E-state index contributed by atoms with van der Waals surface area (Å²) in [5, 5.41) is 0. The molecule has 1 atom stereocenters. The minimum atomic E-state index is 0.240. The van der Waals surface area contributed by atoms with Crippen LogP contribution in [0, 0.1) is 0 Å². The first-order valence-electron chi connectivity index (χ1n) is 6.80. The van der Waals surface area contributed by atoms with Crippen molar-refractivity contribution >= 4 is 5.69 Å². The van der Waals surface area contributed by atoms with Gasteiger partial charge in [0.15, 0.2) is 0 Å². The molecule has 1 aromatic heterocycles. The third-order valence-corrected chi connectivity index (χ3v) is 3.66. The molecule has 1 unspecified atom stereocenters. The number of fused-ring (bicyclic) bond motifs is 1. The van der Waals surface area contributed by atoms with E-state index in [9.17, 15) is 0 Å². The van der Waals surface area contributed by atoms with Crippen molar-refractivity contribution in [1.82, 2.24) is 4.98 Å². The van der Waals surface area contributed by atoms with Gasteiger partial charge in [-0.3, -0.25) is 4.98 Å². The van der Waals surface area contributed by atoms with Crippen LogP contribution in [0.5, 0.6) is 0 Å². The van der Waals surface area contributed by atoms with Crippen LogP contribution in [0.15, 0.2) is 48.8 Å². The first-order valence-corrected chi connectivity index (χ1v) is 6.80. The minimum absolute atomic E-state index is 0.240. The molecule has 3 rings (SSSR count). The van der Waals surface area contributed by atoms with Gasteiger partial charge in [0, 0.05) is 37.2 Å². The highest BCUT2D eigenvalue weighted by molar-refractivity contribution is 5.56. The number of aromatic nitrogens is 1. The second kappa shape index (κ2) is 5.41. The molecule has 1 aliphatic heterocycles. The Morgan fingerprint density at radius 1 is 1.21 bits per heavy atom. The Morgan fingerprint density at radius 2 is 2.11 bits per heavy atom. The maximum Gasteiger partial charge on any atom is 0.0400 e. The normalized spacial score (nSPS) is 18.2. The molecule has 0 bridgehead atoms. The number of benzene rings is 1. The number of nitrogens with two attached hydrogens (primary N) is 1. The molecular weight excluding hydrogens is 234 g/mol. The third kappa shape index (κ3) is 2.76. The van der Waals surface area contributed by atoms with Gasteiger partial charge in [-0.2, -0.15) is 0 Å². The highest BCUT2D eigenvalue weighted by Crippen LogP contribution is 2.26. The maximum atomic E-state index is 6.15. The Morgan fingerprint density at radius 3 is 2.95 bits per heavy atom. The van der Waals surface area contributed by atoms with Crippen molar-refractivity contribution in [1.29, 1.82) is 0 Å². The van der Waals surface area contributed by atoms with Crippen molar-refractivity contribution in [3.8, 4) is 0 Å². The molecular formula is C16H19N3. The standard InChI is InChI=1S/C16H19N3/c17-15-10-14-5-1-2-6-16(14)19(12-15)9-7-13-4-3-8-18-11-13/h1-6,8,11,15H,7,9-10,12,17H2. The SMILES string of the molecule is NC1Cc2ccccc2N(CCc2cccnc2)C1. The van der Waals surface area contributed by atoms with Crippen molar-refractivity contribution in [3.63, 3.8) is 0 Å². The third-order valence-electron chi connectivity index (χ3n) is 3.66. The van der Waals surface area contributed by atoms with Gasteiger partial charge in [0.05, 0.1) is 0 Å². The highest BCUT2D eigenvalue weighted by atomic mass is 15.1. The lowest BCUT2D eigenvalue weighted by Crippen LogP contribution is -2.44. The van der Waals surface area contributed by atoms with Gasteiger partial charge in [0.25, 0.3) is 0 Å². The summed E-state index contributed by atoms with van der Waals surface area (Å²) in [6.45, 7) is 1.94. The van der Waals surface area contributed by atoms with Gasteiger partial charge in [-0.15, -0.1) is 0 Å². The zero-order valence-electron chi connectivity index (χ0n) is 11.0. The Hall–Kier alpha value is -1.87. The van der Waals surface area contributed by atoms with E-state index in [1.807, 2.05) is 18.5 Å². The number of hydrogen-bond acceptors (Lipinski definition) is 3. The van der Waals surface area contributed by atoms with Gasteiger partial charge >= 0.3 is 0 Å². The van der Waals surface area contributed by atoms with E-state index in [4.69, 9.17) is 5.73 Å². The second-order valence-corrected chi connectivity index (χ2v) is 5.15. The molecule has 1 aliphatic rings. The summed E-state index contributed by atoms with van der Waals surface area (Å²) in [6, 6.07) is 12.9. The highest BCUT2D eigenvalue weighted by Gasteiger charge is 2.21. The molecule has 0 saturated carbocycles. The summed E-state index contributed by atoms with van der Waals surface area (Å²) in [4.78, 5) is 6.56. The smallest absolute Gasteiger partial charge is 0.0400 e. The molecule has 19 heavy (non-hydrogen) atoms. The molecule has 0 spiro atoms. The zero-order chi connectivity index (χ0) is 13.1. The van der Waals surface area contributed by atoms with Crippen LogP contribution >= 0.6 is 0 Å². The van der Waals surface area contributed by atoms with Crippen LogP contribution in [-0.4, -0.2) is 24.1 Å². The molecule has 2 heterocycles. The van der Waals surface area contributed by atoms with Gasteiger partial charge in [-0.05, 0) is 36.1 Å². The Labute approximate surface area is 114 Å². The topological polar surface area (TPSA) is 42.1 Å². The fourth-order valence-electron chi connectivity index (χ4n) is 2.74. The molecule has 0 fully saturated rings. The van der Waals surface area contributed by atoms with Crippen LogP contribution in [0.25, 0.3) is 0 Å². The van der Waals surface area contributed by atoms with Crippen LogP contribution < -0.4 is 10.6 Å². The van der Waals surface area contributed by atoms with E-state index in [0.29, 0.717) is 0 Å². The number of pyridine rings is 1. The number of anilines is 1. The van der Waals surface area contributed by atoms with Crippen LogP contribution in [0.3, 0.4) is 0 Å². The van der Waals surface area contributed by atoms with Crippen LogP contribution in [0.1, 0.15) is 11.1 Å². The molecule has 1 aromatic carbocycles. The van der Waals surface area contributed by atoms with Crippen molar-refractivity contribution in [3.05, 3.63) is 59.9 Å². The van der Waals surface area contributed by atoms with E-state index in [1.165, 1.54) is 16.8 Å². The van der Waals surface area contributed by atoms with Crippen molar-refractivity contribution in [2.24, 2.45) is 5.73 Å². The molecule has 0 radical (unpaired) electrons. The maximum absolute atomic E-state index is 6.15. The van der Waals surface area contributed by atoms with Gasteiger partial charge in [-0.1, -0.05) is 24.3 Å². The first-order chi connectivity index (χ1) is 9.33. The molecule has 2 aromatic rings. The fraction of sp³-hybridized carbons (Fsp3) is 0.312. The van der Waals surface area contributed by atoms with E-state index in [2.05, 4.69) is 40.2 Å². The van der Waals surface area contributed by atoms with Crippen LogP contribution in [0.2, 0.25) is 0 Å². The molecule has 98 valence electrons. The van der Waals surface area contributed by atoms with E-state index < -0.39 is 0 Å². The number of hydrogen-bond donors (Lipinski definition) is 1. The van der Waals surface area contributed by atoms with E-state index in [1.54, 1.807) is 0 Å². The summed E-state index contributed by atoms with van der Waals surface area (Å²) in [7, 11) is 0. The Kier molecular flexibility index (Phi) is 3.47. The second-order valence-electron chi connectivity index (χ2n) is 5.15. The van der Waals surface area contributed by atoms with Crippen molar-refractivity contribution < 1.29 is 0 Å². The Balaban J connectivity index is 1.74. The lowest BCUT2D eigenvalue weighted by atomic mass is 9.98. The van der Waals surface area contributed by atoms with Crippen molar-refractivity contribution in [2.45, 2.75) is 18.9 Å². The summed E-state index contributed by atoms with van der Waals surface area (Å²) in [5.74, 6) is 0. The van der Waals surface area contributed by atoms with E-state index in [0.717, 1.165) is 25.9 Å². The summed E-state index contributed by atoms with van der Waals surface area (Å²) >= 11 is 0. The van der Waals surface area contributed by atoms with Crippen LogP contribution in [0.4, 0.5) is 5.69 Å². The fourth-order valence-corrected chi connectivity index (χ4v) is 2.74. The zero-order valence-corrected chi connectivity index (χ0v) is 11.0. The molecule has 0 aliphatic carbocycles. The lowest BCUT2D eigenvalue weighted by Gasteiger charge is -2.34. The summed E-state index contributed by atoms with van der Waals surface area (Å²) < 4.78 is 0. The molecule has 2 N–H and O–H groups in total. The van der Waals surface area contributed by atoms with Gasteiger partial charge in [-0.25, -0.2) is 0 Å². The molecule has 0 saturated heterocycles. The summed E-state index contributed by atoms with van der Waals surface area (Å²) in [6.07, 6.45) is 5.75. The van der Waals surface area contributed by atoms with Gasteiger partial charge < -0.3 is 10.6 Å². The number of para-hydroxylation sites is 1. The largest absolute Gasteiger partial charge is 0.369 e. The first kappa shape index (κ1) is 12.2. The summed E-state index contributed by atoms with van der Waals surface area (Å²) in [5.41, 5.74) is 10.1. The molecule has 3 heteroatoms. The van der Waals surface area contributed by atoms with Gasteiger partial charge in [0.2, 0.25) is 0 Å². The molecule has 0 amide bonds. The predicted octanol–water partition coefficient (Wildman–Crippen LogP) is 2.01.